The fraction of sp³-hybridized carbons (Fsp3) is 0.192. The topological polar surface area (TPSA) is 137 Å². The van der Waals surface area contributed by atoms with E-state index in [1.807, 2.05) is 0 Å². The fourth-order valence-corrected chi connectivity index (χ4v) is 5.47. The highest BCUT2D eigenvalue weighted by Crippen LogP contribution is 2.32. The smallest absolute Gasteiger partial charge is 0.323 e. The van der Waals surface area contributed by atoms with E-state index in [1.165, 1.54) is 53.7 Å². The van der Waals surface area contributed by atoms with Crippen LogP contribution in [0.5, 0.6) is 5.75 Å². The molecule has 3 aromatic rings. The van der Waals surface area contributed by atoms with E-state index < -0.39 is 34.5 Å². The standard InChI is InChI=1S/C26H23N3O7S/c30-15-3-4-16-36-21-7-9-22(10-8-21)37(34,35)29-17-20-5-1-2-6-23(20)28(18-24(29)26(32)33)25(31)19-11-13-27-14-12-19/h1-2,5-14,24,30H,15-18H2,(H,32,33). The molecule has 11 heteroatoms. The summed E-state index contributed by atoms with van der Waals surface area (Å²) in [4.78, 5) is 30.8. The quantitative estimate of drug-likeness (QED) is 0.468. The van der Waals surface area contributed by atoms with Gasteiger partial charge in [0.2, 0.25) is 10.0 Å². The number of hydrogen-bond acceptors (Lipinski definition) is 7. The highest BCUT2D eigenvalue weighted by atomic mass is 32.2. The van der Waals surface area contributed by atoms with Gasteiger partial charge in [0.25, 0.3) is 5.91 Å². The number of carboxylic acids is 1. The van der Waals surface area contributed by atoms with Crippen molar-refractivity contribution in [2.24, 2.45) is 0 Å². The van der Waals surface area contributed by atoms with Crippen LogP contribution < -0.4 is 9.64 Å². The zero-order valence-corrected chi connectivity index (χ0v) is 20.3. The van der Waals surface area contributed by atoms with Crippen LogP contribution in [0.2, 0.25) is 0 Å². The highest BCUT2D eigenvalue weighted by Gasteiger charge is 2.41. The Morgan fingerprint density at radius 2 is 1.73 bits per heavy atom. The number of nitrogens with zero attached hydrogens (tertiary/aromatic N) is 3. The predicted molar refractivity (Wildman–Crippen MR) is 133 cm³/mol. The highest BCUT2D eigenvalue weighted by molar-refractivity contribution is 7.89. The van der Waals surface area contributed by atoms with E-state index in [-0.39, 0.29) is 24.7 Å². The van der Waals surface area contributed by atoms with Crippen molar-refractivity contribution in [3.8, 4) is 17.6 Å². The van der Waals surface area contributed by atoms with Crippen LogP contribution in [0.1, 0.15) is 15.9 Å². The lowest BCUT2D eigenvalue weighted by atomic mass is 10.1. The first-order valence-corrected chi connectivity index (χ1v) is 12.6. The molecule has 4 rings (SSSR count). The second-order valence-electron chi connectivity index (χ2n) is 7.96. The number of carboxylic acid groups (broad SMARTS) is 1. The van der Waals surface area contributed by atoms with Crippen LogP contribution in [0.15, 0.2) is 78.0 Å². The molecule has 0 fully saturated rings. The Morgan fingerprint density at radius 1 is 1.03 bits per heavy atom. The average Bonchev–Trinajstić information content (AvgIpc) is 3.09. The minimum absolute atomic E-state index is 0.0119. The molecule has 0 aliphatic carbocycles. The van der Waals surface area contributed by atoms with Crippen LogP contribution in [0, 0.1) is 11.8 Å². The van der Waals surface area contributed by atoms with Gasteiger partial charge in [0.05, 0.1) is 11.4 Å². The van der Waals surface area contributed by atoms with Crippen molar-refractivity contribution in [1.82, 2.24) is 9.29 Å². The predicted octanol–water partition coefficient (Wildman–Crippen LogP) is 1.76. The number of aliphatic hydroxyl groups is 1. The maximum absolute atomic E-state index is 13.7. The number of carbonyl (C=O) groups is 2. The lowest BCUT2D eigenvalue weighted by molar-refractivity contribution is -0.141. The van der Waals surface area contributed by atoms with Gasteiger partial charge in [-0.1, -0.05) is 30.0 Å². The van der Waals surface area contributed by atoms with Gasteiger partial charge in [-0.2, -0.15) is 4.31 Å². The lowest BCUT2D eigenvalue weighted by Gasteiger charge is -2.28. The number of aliphatic carboxylic acids is 1. The van der Waals surface area contributed by atoms with Crippen LogP contribution in [0.25, 0.3) is 0 Å². The summed E-state index contributed by atoms with van der Waals surface area (Å²) < 4.78 is 33.7. The van der Waals surface area contributed by atoms with E-state index in [1.54, 1.807) is 24.3 Å². The Morgan fingerprint density at radius 3 is 2.41 bits per heavy atom. The Balaban J connectivity index is 1.70. The van der Waals surface area contributed by atoms with Gasteiger partial charge >= 0.3 is 5.97 Å². The molecule has 2 N–H and O–H groups in total. The number of benzene rings is 2. The molecular formula is C26H23N3O7S. The largest absolute Gasteiger partial charge is 0.481 e. The van der Waals surface area contributed by atoms with Crippen LogP contribution in [-0.2, 0) is 21.4 Å². The summed E-state index contributed by atoms with van der Waals surface area (Å²) in [5.74, 6) is 3.54. The Bertz CT molecular complexity index is 1450. The second-order valence-corrected chi connectivity index (χ2v) is 9.85. The van der Waals surface area contributed by atoms with E-state index in [0.29, 0.717) is 22.6 Å². The number of sulfonamides is 1. The second kappa shape index (κ2) is 11.2. The zero-order valence-electron chi connectivity index (χ0n) is 19.5. The van der Waals surface area contributed by atoms with Crippen molar-refractivity contribution < 1.29 is 33.0 Å². The Labute approximate surface area is 213 Å². The van der Waals surface area contributed by atoms with Crippen LogP contribution in [0.3, 0.4) is 0 Å². The third kappa shape index (κ3) is 5.62. The molecule has 2 heterocycles. The number of amides is 1. The monoisotopic (exact) mass is 521 g/mol. The number of anilines is 1. The molecule has 1 amide bonds. The number of ether oxygens (including phenoxy) is 1. The van der Waals surface area contributed by atoms with E-state index in [4.69, 9.17) is 9.84 Å². The normalized spacial score (nSPS) is 15.6. The van der Waals surface area contributed by atoms with Crippen molar-refractivity contribution in [3.63, 3.8) is 0 Å². The van der Waals surface area contributed by atoms with Gasteiger partial charge in [0.1, 0.15) is 25.0 Å². The van der Waals surface area contributed by atoms with E-state index in [0.717, 1.165) is 4.31 Å². The van der Waals surface area contributed by atoms with Gasteiger partial charge in [0.15, 0.2) is 0 Å². The summed E-state index contributed by atoms with van der Waals surface area (Å²) in [7, 11) is -4.29. The molecule has 0 bridgehead atoms. The van der Waals surface area contributed by atoms with E-state index in [2.05, 4.69) is 16.8 Å². The van der Waals surface area contributed by atoms with Crippen LogP contribution >= 0.6 is 0 Å². The summed E-state index contributed by atoms with van der Waals surface area (Å²) >= 11 is 0. The van der Waals surface area contributed by atoms with E-state index in [9.17, 15) is 23.1 Å². The summed E-state index contributed by atoms with van der Waals surface area (Å²) in [6.45, 7) is -0.921. The first-order valence-electron chi connectivity index (χ1n) is 11.2. The SMILES string of the molecule is O=C(O)C1CN(C(=O)c2ccncc2)c2ccccc2CN1S(=O)(=O)c1ccc(OCC#CCO)cc1. The molecule has 1 atom stereocenters. The maximum Gasteiger partial charge on any atom is 0.323 e. The lowest BCUT2D eigenvalue weighted by Crippen LogP contribution is -2.50. The molecule has 190 valence electrons. The summed E-state index contributed by atoms with van der Waals surface area (Å²) in [6, 6.07) is 13.7. The molecule has 0 spiro atoms. The Kier molecular flexibility index (Phi) is 7.83. The number of pyridine rings is 1. The molecule has 1 unspecified atom stereocenters. The molecule has 0 saturated carbocycles. The summed E-state index contributed by atoms with van der Waals surface area (Å²) in [6.07, 6.45) is 2.91. The summed E-state index contributed by atoms with van der Waals surface area (Å²) in [5, 5.41) is 18.8. The van der Waals surface area contributed by atoms with Gasteiger partial charge in [-0.05, 0) is 48.0 Å². The molecule has 0 saturated heterocycles. The van der Waals surface area contributed by atoms with Crippen LogP contribution in [-0.4, -0.2) is 65.6 Å². The molecule has 1 aliphatic heterocycles. The van der Waals surface area contributed by atoms with E-state index >= 15 is 0 Å². The number of aliphatic hydroxyl groups excluding tert-OH is 1. The number of carbonyl (C=O) groups excluding carboxylic acids is 1. The number of aromatic nitrogens is 1. The minimum atomic E-state index is -4.29. The van der Waals surface area contributed by atoms with Gasteiger partial charge in [-0.25, -0.2) is 8.42 Å². The van der Waals surface area contributed by atoms with Gasteiger partial charge in [-0.15, -0.1) is 0 Å². The first-order chi connectivity index (χ1) is 17.8. The molecule has 1 aromatic heterocycles. The number of para-hydroxylation sites is 1. The molecular weight excluding hydrogens is 498 g/mol. The third-order valence-electron chi connectivity index (χ3n) is 5.71. The molecule has 0 radical (unpaired) electrons. The Hall–Kier alpha value is -4.24. The van der Waals surface area contributed by atoms with Crippen molar-refractivity contribution in [1.29, 1.82) is 0 Å². The van der Waals surface area contributed by atoms with Gasteiger partial charge in [-0.3, -0.25) is 14.6 Å². The molecule has 2 aromatic carbocycles. The number of hydrogen-bond donors (Lipinski definition) is 2. The van der Waals surface area contributed by atoms with Crippen molar-refractivity contribution in [2.75, 3.05) is 24.7 Å². The third-order valence-corrected chi connectivity index (χ3v) is 7.58. The molecule has 10 nitrogen and oxygen atoms in total. The van der Waals surface area contributed by atoms with Gasteiger partial charge < -0.3 is 19.8 Å². The fourth-order valence-electron chi connectivity index (χ4n) is 3.91. The minimum Gasteiger partial charge on any atom is -0.481 e. The zero-order chi connectivity index (χ0) is 26.4. The number of fused-ring (bicyclic) bond motifs is 1. The first kappa shape index (κ1) is 25.8. The summed E-state index contributed by atoms with van der Waals surface area (Å²) in [5.41, 5.74) is 1.21. The average molecular weight is 522 g/mol. The van der Waals surface area contributed by atoms with Crippen molar-refractivity contribution in [2.45, 2.75) is 17.5 Å². The molecule has 1 aliphatic rings. The van der Waals surface area contributed by atoms with Crippen molar-refractivity contribution >= 4 is 27.6 Å². The maximum atomic E-state index is 13.7. The van der Waals surface area contributed by atoms with Gasteiger partial charge in [0, 0.05) is 30.2 Å². The van der Waals surface area contributed by atoms with Crippen molar-refractivity contribution in [3.05, 3.63) is 84.2 Å². The number of rotatable bonds is 6. The molecule has 37 heavy (non-hydrogen) atoms. The van der Waals surface area contributed by atoms with Crippen LogP contribution in [0.4, 0.5) is 5.69 Å².